The van der Waals surface area contributed by atoms with E-state index < -0.39 is 0 Å². The molecular formula is C9H11N2O. The molecule has 1 aliphatic rings. The second-order valence-electron chi connectivity index (χ2n) is 2.44. The molecule has 1 aliphatic heterocycles. The van der Waals surface area contributed by atoms with E-state index in [0.717, 1.165) is 6.42 Å². The van der Waals surface area contributed by atoms with Gasteiger partial charge in [0.1, 0.15) is 0 Å². The molecule has 0 atom stereocenters. The first kappa shape index (κ1) is 8.71. The molecule has 0 saturated heterocycles. The molecule has 0 aromatic heterocycles. The number of nitrogens with zero attached hydrogens (tertiary/aromatic N) is 2. The number of hydrogen-bond donors (Lipinski definition) is 0. The molecular weight excluding hydrogens is 152 g/mol. The van der Waals surface area contributed by atoms with E-state index in [0.29, 0.717) is 12.3 Å². The zero-order chi connectivity index (χ0) is 8.81. The van der Waals surface area contributed by atoms with Gasteiger partial charge in [0.25, 0.3) is 0 Å². The Balaban J connectivity index is 2.51. The van der Waals surface area contributed by atoms with Crippen molar-refractivity contribution in [1.82, 2.24) is 5.32 Å². The van der Waals surface area contributed by atoms with Crippen LogP contribution in [0.3, 0.4) is 0 Å². The van der Waals surface area contributed by atoms with Crippen molar-refractivity contribution in [2.24, 2.45) is 4.99 Å². The molecule has 0 bridgehead atoms. The summed E-state index contributed by atoms with van der Waals surface area (Å²) < 4.78 is 0. The Labute approximate surface area is 71.9 Å². The van der Waals surface area contributed by atoms with Gasteiger partial charge in [0.15, 0.2) is 5.84 Å². The maximum absolute atomic E-state index is 11.0. The standard InChI is InChI=1S/C9H11N2O/c1-2-5-9(12)11-8-6-3-4-7-10-8/h3-4,6-7H,2,5H2,1H3/b11-8+. The van der Waals surface area contributed by atoms with E-state index in [4.69, 9.17) is 0 Å². The van der Waals surface area contributed by atoms with Gasteiger partial charge in [0.2, 0.25) is 5.91 Å². The number of carbonyl (C=O) groups is 1. The van der Waals surface area contributed by atoms with Crippen LogP contribution in [0, 0.1) is 0 Å². The molecule has 0 aliphatic carbocycles. The van der Waals surface area contributed by atoms with Crippen LogP contribution >= 0.6 is 0 Å². The third-order valence-electron chi connectivity index (χ3n) is 1.35. The van der Waals surface area contributed by atoms with Gasteiger partial charge >= 0.3 is 0 Å². The van der Waals surface area contributed by atoms with Crippen molar-refractivity contribution in [3.05, 3.63) is 24.4 Å². The summed E-state index contributed by atoms with van der Waals surface area (Å²) in [5.74, 6) is 0.396. The van der Waals surface area contributed by atoms with Crippen molar-refractivity contribution < 1.29 is 4.79 Å². The van der Waals surface area contributed by atoms with Gasteiger partial charge in [-0.25, -0.2) is 5.32 Å². The van der Waals surface area contributed by atoms with Gasteiger partial charge in [-0.2, -0.15) is 4.99 Å². The largest absolute Gasteiger partial charge is 0.273 e. The van der Waals surface area contributed by atoms with Crippen molar-refractivity contribution in [2.45, 2.75) is 19.8 Å². The Kier molecular flexibility index (Phi) is 3.26. The second-order valence-corrected chi connectivity index (χ2v) is 2.44. The van der Waals surface area contributed by atoms with Crippen LogP contribution in [0.25, 0.3) is 0 Å². The lowest BCUT2D eigenvalue weighted by atomic mass is 10.3. The summed E-state index contributed by atoms with van der Waals surface area (Å²) in [5.41, 5.74) is 0. The number of carbonyl (C=O) groups excluding carboxylic acids is 1. The van der Waals surface area contributed by atoms with E-state index in [9.17, 15) is 4.79 Å². The van der Waals surface area contributed by atoms with Gasteiger partial charge in [-0.15, -0.1) is 0 Å². The molecule has 12 heavy (non-hydrogen) atoms. The Morgan fingerprint density at radius 2 is 2.42 bits per heavy atom. The monoisotopic (exact) mass is 163 g/mol. The predicted molar refractivity (Wildman–Crippen MR) is 47.8 cm³/mol. The molecule has 1 rings (SSSR count). The van der Waals surface area contributed by atoms with Gasteiger partial charge < -0.3 is 0 Å². The smallest absolute Gasteiger partial charge is 0.247 e. The van der Waals surface area contributed by atoms with Crippen molar-refractivity contribution in [2.75, 3.05) is 0 Å². The highest BCUT2D eigenvalue weighted by molar-refractivity contribution is 6.01. The van der Waals surface area contributed by atoms with Crippen LogP contribution in [0.5, 0.6) is 0 Å². The highest BCUT2D eigenvalue weighted by Gasteiger charge is 2.00. The molecule has 0 spiro atoms. The normalized spacial score (nSPS) is 17.9. The predicted octanol–water partition coefficient (Wildman–Crippen LogP) is 1.40. The van der Waals surface area contributed by atoms with E-state index in [1.807, 2.05) is 13.0 Å². The van der Waals surface area contributed by atoms with Crippen molar-refractivity contribution >= 4 is 11.7 Å². The lowest BCUT2D eigenvalue weighted by molar-refractivity contribution is -0.117. The maximum Gasteiger partial charge on any atom is 0.247 e. The zero-order valence-corrected chi connectivity index (χ0v) is 7.03. The summed E-state index contributed by atoms with van der Waals surface area (Å²) in [6.45, 7) is 1.95. The fourth-order valence-corrected chi connectivity index (χ4v) is 0.817. The number of hydrogen-bond acceptors (Lipinski definition) is 1. The lowest BCUT2D eigenvalue weighted by Gasteiger charge is -1.99. The highest BCUT2D eigenvalue weighted by atomic mass is 16.1. The summed E-state index contributed by atoms with van der Waals surface area (Å²) in [4.78, 5) is 14.8. The zero-order valence-electron chi connectivity index (χ0n) is 7.03. The molecule has 0 saturated carbocycles. The molecule has 1 heterocycles. The highest BCUT2D eigenvalue weighted by Crippen LogP contribution is 1.94. The quantitative estimate of drug-likeness (QED) is 0.606. The van der Waals surface area contributed by atoms with E-state index in [2.05, 4.69) is 10.3 Å². The average molecular weight is 163 g/mol. The van der Waals surface area contributed by atoms with E-state index in [1.54, 1.807) is 18.4 Å². The minimum atomic E-state index is -0.101. The van der Waals surface area contributed by atoms with Gasteiger partial charge in [-0.1, -0.05) is 13.0 Å². The number of aliphatic imine (C=N–C) groups is 1. The SMILES string of the molecule is CCCC(=O)/N=C1\C=CC=C[N]1. The molecule has 3 nitrogen and oxygen atoms in total. The molecule has 3 heteroatoms. The maximum atomic E-state index is 11.0. The molecule has 0 fully saturated rings. The lowest BCUT2D eigenvalue weighted by Crippen LogP contribution is -2.11. The fourth-order valence-electron chi connectivity index (χ4n) is 0.817. The average Bonchev–Trinajstić information content (AvgIpc) is 2.06. The van der Waals surface area contributed by atoms with E-state index in [1.165, 1.54) is 0 Å². The van der Waals surface area contributed by atoms with Gasteiger partial charge in [0.05, 0.1) is 0 Å². The van der Waals surface area contributed by atoms with Crippen LogP contribution in [0.4, 0.5) is 0 Å². The van der Waals surface area contributed by atoms with E-state index in [-0.39, 0.29) is 5.91 Å². The number of amidine groups is 1. The van der Waals surface area contributed by atoms with Gasteiger partial charge in [-0.3, -0.25) is 4.79 Å². The fraction of sp³-hybridized carbons (Fsp3) is 0.333. The van der Waals surface area contributed by atoms with E-state index >= 15 is 0 Å². The summed E-state index contributed by atoms with van der Waals surface area (Å²) in [5, 5.41) is 3.91. The third-order valence-corrected chi connectivity index (χ3v) is 1.35. The molecule has 1 amide bonds. The first-order chi connectivity index (χ1) is 5.83. The minimum absolute atomic E-state index is 0.101. The first-order valence-electron chi connectivity index (χ1n) is 3.98. The summed E-state index contributed by atoms with van der Waals surface area (Å²) in [6.07, 6.45) is 8.27. The van der Waals surface area contributed by atoms with Crippen LogP contribution in [-0.2, 0) is 4.79 Å². The number of allylic oxidation sites excluding steroid dienone is 2. The molecule has 0 aromatic rings. The van der Waals surface area contributed by atoms with Crippen LogP contribution < -0.4 is 5.32 Å². The van der Waals surface area contributed by atoms with Crippen molar-refractivity contribution in [3.63, 3.8) is 0 Å². The van der Waals surface area contributed by atoms with Gasteiger partial charge in [0, 0.05) is 12.6 Å². The van der Waals surface area contributed by atoms with Crippen LogP contribution in [0.2, 0.25) is 0 Å². The Morgan fingerprint density at radius 1 is 1.58 bits per heavy atom. The van der Waals surface area contributed by atoms with Crippen LogP contribution in [-0.4, -0.2) is 11.7 Å². The van der Waals surface area contributed by atoms with Gasteiger partial charge in [-0.05, 0) is 18.6 Å². The van der Waals surface area contributed by atoms with Crippen LogP contribution in [0.15, 0.2) is 29.4 Å². The Morgan fingerprint density at radius 3 is 3.00 bits per heavy atom. The molecule has 0 N–H and O–H groups in total. The Hall–Kier alpha value is -1.38. The van der Waals surface area contributed by atoms with Crippen molar-refractivity contribution in [1.29, 1.82) is 0 Å². The molecule has 1 radical (unpaired) electrons. The summed E-state index contributed by atoms with van der Waals surface area (Å²) in [6, 6.07) is 0. The molecule has 63 valence electrons. The topological polar surface area (TPSA) is 43.5 Å². The first-order valence-corrected chi connectivity index (χ1v) is 3.98. The number of amides is 1. The minimum Gasteiger partial charge on any atom is -0.273 e. The Bertz CT molecular complexity index is 251. The van der Waals surface area contributed by atoms with Crippen LogP contribution in [0.1, 0.15) is 19.8 Å². The molecule has 0 aromatic carbocycles. The summed E-state index contributed by atoms with van der Waals surface area (Å²) in [7, 11) is 0. The molecule has 0 unspecified atom stereocenters. The number of rotatable bonds is 2. The third kappa shape index (κ3) is 2.70. The second kappa shape index (κ2) is 4.49. The van der Waals surface area contributed by atoms with Crippen molar-refractivity contribution in [3.8, 4) is 0 Å². The summed E-state index contributed by atoms with van der Waals surface area (Å²) >= 11 is 0.